The fraction of sp³-hybridized carbons (Fsp3) is 0.357. The van der Waals surface area contributed by atoms with E-state index in [0.717, 1.165) is 36.8 Å². The van der Waals surface area contributed by atoms with Crippen molar-refractivity contribution in [3.8, 4) is 16.9 Å². The average Bonchev–Trinajstić information content (AvgIpc) is 2.85. The minimum Gasteiger partial charge on any atom is -0.497 e. The van der Waals surface area contributed by atoms with E-state index in [4.69, 9.17) is 4.74 Å². The number of halogens is 3. The van der Waals surface area contributed by atoms with Crippen LogP contribution in [0.15, 0.2) is 54.6 Å². The van der Waals surface area contributed by atoms with Gasteiger partial charge < -0.3 is 9.84 Å². The van der Waals surface area contributed by atoms with E-state index in [9.17, 15) is 18.3 Å². The molecule has 0 spiro atoms. The number of aliphatic hydroxyl groups is 1. The third-order valence-electron chi connectivity index (χ3n) is 6.86. The van der Waals surface area contributed by atoms with Crippen molar-refractivity contribution < 1.29 is 23.0 Å². The monoisotopic (exact) mass is 454 g/mol. The first kappa shape index (κ1) is 23.4. The van der Waals surface area contributed by atoms with Gasteiger partial charge in [-0.25, -0.2) is 13.2 Å². The number of methoxy groups -OCH3 is 1. The lowest BCUT2D eigenvalue weighted by molar-refractivity contribution is 0.181. The van der Waals surface area contributed by atoms with Gasteiger partial charge in [0.1, 0.15) is 11.6 Å². The largest absolute Gasteiger partial charge is 0.497 e. The molecule has 174 valence electrons. The molecule has 1 fully saturated rings. The van der Waals surface area contributed by atoms with Crippen LogP contribution < -0.4 is 4.74 Å². The first-order chi connectivity index (χ1) is 16.0. The first-order valence-electron chi connectivity index (χ1n) is 11.5. The normalized spacial score (nSPS) is 18.3. The number of aliphatic hydroxyl groups excluding tert-OH is 1. The van der Waals surface area contributed by atoms with E-state index in [0.29, 0.717) is 35.3 Å². The van der Waals surface area contributed by atoms with E-state index in [1.165, 1.54) is 13.2 Å². The Labute approximate surface area is 193 Å². The highest BCUT2D eigenvalue weighted by molar-refractivity contribution is 5.65. The lowest BCUT2D eigenvalue weighted by atomic mass is 9.78. The summed E-state index contributed by atoms with van der Waals surface area (Å²) in [5, 5.41) is 9.29. The minimum atomic E-state index is -0.756. The van der Waals surface area contributed by atoms with Crippen molar-refractivity contribution in [2.24, 2.45) is 5.92 Å². The molecule has 5 heteroatoms. The Balaban J connectivity index is 1.41. The summed E-state index contributed by atoms with van der Waals surface area (Å²) in [7, 11) is 1.49. The van der Waals surface area contributed by atoms with Crippen LogP contribution in [0.4, 0.5) is 13.2 Å². The molecular weight excluding hydrogens is 425 g/mol. The lowest BCUT2D eigenvalue weighted by Gasteiger charge is -2.28. The Kier molecular flexibility index (Phi) is 7.39. The molecule has 0 bridgehead atoms. The molecule has 2 nitrogen and oxygen atoms in total. The van der Waals surface area contributed by atoms with Gasteiger partial charge in [-0.05, 0) is 84.7 Å². The molecule has 0 saturated heterocycles. The maximum absolute atomic E-state index is 14.8. The van der Waals surface area contributed by atoms with Crippen LogP contribution in [0.25, 0.3) is 11.1 Å². The van der Waals surface area contributed by atoms with Crippen molar-refractivity contribution >= 4 is 0 Å². The van der Waals surface area contributed by atoms with Crippen molar-refractivity contribution in [2.45, 2.75) is 44.4 Å². The molecule has 0 atom stereocenters. The Hall–Kier alpha value is -2.79. The fourth-order valence-electron chi connectivity index (χ4n) is 4.76. The van der Waals surface area contributed by atoms with E-state index < -0.39 is 11.6 Å². The molecule has 3 aromatic rings. The second kappa shape index (κ2) is 10.4. The lowest BCUT2D eigenvalue weighted by Crippen LogP contribution is -2.17. The van der Waals surface area contributed by atoms with Gasteiger partial charge in [-0.15, -0.1) is 0 Å². The van der Waals surface area contributed by atoms with Gasteiger partial charge in [-0.2, -0.15) is 0 Å². The second-order valence-corrected chi connectivity index (χ2v) is 8.88. The van der Waals surface area contributed by atoms with Crippen LogP contribution in [0.1, 0.15) is 48.3 Å². The molecule has 1 aliphatic carbocycles. The molecule has 0 amide bonds. The molecule has 1 saturated carbocycles. The average molecular weight is 455 g/mol. The highest BCUT2D eigenvalue weighted by Gasteiger charge is 2.26. The van der Waals surface area contributed by atoms with Gasteiger partial charge in [0.2, 0.25) is 0 Å². The maximum Gasteiger partial charge on any atom is 0.162 e. The highest BCUT2D eigenvalue weighted by atomic mass is 19.2. The van der Waals surface area contributed by atoms with Gasteiger partial charge in [0.15, 0.2) is 11.6 Å². The van der Waals surface area contributed by atoms with Crippen LogP contribution in [0.5, 0.6) is 5.75 Å². The van der Waals surface area contributed by atoms with Crippen molar-refractivity contribution in [1.29, 1.82) is 0 Å². The molecule has 0 heterocycles. The number of ether oxygens (including phenoxy) is 1. The Bertz CT molecular complexity index is 1090. The fourth-order valence-corrected chi connectivity index (χ4v) is 4.76. The smallest absolute Gasteiger partial charge is 0.162 e. The highest BCUT2D eigenvalue weighted by Crippen LogP contribution is 2.37. The van der Waals surface area contributed by atoms with Crippen molar-refractivity contribution in [3.63, 3.8) is 0 Å². The molecule has 3 aromatic carbocycles. The Morgan fingerprint density at radius 1 is 0.848 bits per heavy atom. The number of benzene rings is 3. The zero-order valence-electron chi connectivity index (χ0n) is 18.8. The van der Waals surface area contributed by atoms with E-state index in [2.05, 4.69) is 0 Å². The quantitative estimate of drug-likeness (QED) is 0.424. The van der Waals surface area contributed by atoms with Crippen molar-refractivity contribution in [3.05, 3.63) is 88.7 Å². The standard InChI is InChI=1S/C28H29F3O2/c1-33-23-13-15-24(26(29)16-23)20-7-2-18(3-8-20)4-11-22-12-14-25(28(31)27(22)30)21-9-5-19(17-32)6-10-21/h2-3,7-8,12-16,19,21,32H,4-6,9-11,17H2,1H3. The summed E-state index contributed by atoms with van der Waals surface area (Å²) < 4.78 is 49.0. The van der Waals surface area contributed by atoms with E-state index in [-0.39, 0.29) is 24.3 Å². The molecule has 0 aliphatic heterocycles. The SMILES string of the molecule is COc1ccc(-c2ccc(CCc3ccc(C4CCC(CO)CC4)c(F)c3F)cc2)c(F)c1. The Morgan fingerprint density at radius 2 is 1.58 bits per heavy atom. The van der Waals surface area contributed by atoms with E-state index in [1.807, 2.05) is 24.3 Å². The minimum absolute atomic E-state index is 0.0160. The molecule has 1 N–H and O–H groups in total. The predicted molar refractivity (Wildman–Crippen MR) is 124 cm³/mol. The van der Waals surface area contributed by atoms with Gasteiger partial charge >= 0.3 is 0 Å². The molecule has 4 rings (SSSR count). The van der Waals surface area contributed by atoms with Crippen LogP contribution in [0.2, 0.25) is 0 Å². The van der Waals surface area contributed by atoms with E-state index >= 15 is 0 Å². The molecular formula is C28H29F3O2. The summed E-state index contributed by atoms with van der Waals surface area (Å²) in [4.78, 5) is 0. The van der Waals surface area contributed by atoms with Gasteiger partial charge in [0, 0.05) is 18.2 Å². The van der Waals surface area contributed by atoms with Gasteiger partial charge in [-0.1, -0.05) is 36.4 Å². The van der Waals surface area contributed by atoms with Crippen LogP contribution >= 0.6 is 0 Å². The topological polar surface area (TPSA) is 29.5 Å². The summed E-state index contributed by atoms with van der Waals surface area (Å²) in [6, 6.07) is 15.6. The van der Waals surface area contributed by atoms with Gasteiger partial charge in [0.25, 0.3) is 0 Å². The predicted octanol–water partition coefficient (Wildman–Crippen LogP) is 6.83. The van der Waals surface area contributed by atoms with Gasteiger partial charge in [0.05, 0.1) is 7.11 Å². The summed E-state index contributed by atoms with van der Waals surface area (Å²) >= 11 is 0. The van der Waals surface area contributed by atoms with Crippen molar-refractivity contribution in [1.82, 2.24) is 0 Å². The molecule has 1 aliphatic rings. The summed E-state index contributed by atoms with van der Waals surface area (Å²) in [5.41, 5.74) is 3.03. The van der Waals surface area contributed by atoms with Gasteiger partial charge in [-0.3, -0.25) is 0 Å². The molecule has 0 aromatic heterocycles. The maximum atomic E-state index is 14.8. The summed E-state index contributed by atoms with van der Waals surface area (Å²) in [6.45, 7) is 0.165. The van der Waals surface area contributed by atoms with E-state index in [1.54, 1.807) is 24.3 Å². The van der Waals surface area contributed by atoms with Crippen LogP contribution in [0.3, 0.4) is 0 Å². The first-order valence-corrected chi connectivity index (χ1v) is 11.5. The zero-order valence-corrected chi connectivity index (χ0v) is 18.8. The van der Waals surface area contributed by atoms with Crippen molar-refractivity contribution in [2.75, 3.05) is 13.7 Å². The number of aryl methyl sites for hydroxylation is 2. The van der Waals surface area contributed by atoms with Crippen LogP contribution in [-0.2, 0) is 12.8 Å². The Morgan fingerprint density at radius 3 is 2.21 bits per heavy atom. The summed E-state index contributed by atoms with van der Waals surface area (Å²) in [5.74, 6) is -1.09. The molecule has 0 radical (unpaired) electrons. The number of rotatable bonds is 7. The zero-order chi connectivity index (χ0) is 23.4. The molecule has 33 heavy (non-hydrogen) atoms. The summed E-state index contributed by atoms with van der Waals surface area (Å²) in [6.07, 6.45) is 4.20. The second-order valence-electron chi connectivity index (χ2n) is 8.88. The van der Waals surface area contributed by atoms with Crippen LogP contribution in [-0.4, -0.2) is 18.8 Å². The number of hydrogen-bond acceptors (Lipinski definition) is 2. The van der Waals surface area contributed by atoms with Crippen LogP contribution in [0, 0.1) is 23.4 Å². The third kappa shape index (κ3) is 5.25. The molecule has 0 unspecified atom stereocenters. The number of hydrogen-bond donors (Lipinski definition) is 1. The third-order valence-corrected chi connectivity index (χ3v) is 6.86.